The van der Waals surface area contributed by atoms with Crippen LogP contribution in [0.15, 0.2) is 77.2 Å². The van der Waals surface area contributed by atoms with Crippen LogP contribution in [0.4, 0.5) is 13.2 Å². The number of furan rings is 1. The van der Waals surface area contributed by atoms with Crippen LogP contribution in [0.5, 0.6) is 0 Å². The largest absolute Gasteiger partial charge is 0.490 e. The first-order chi connectivity index (χ1) is 18.0. The molecule has 0 bridgehead atoms. The van der Waals surface area contributed by atoms with E-state index in [4.69, 9.17) is 31.0 Å². The summed E-state index contributed by atoms with van der Waals surface area (Å²) in [6.07, 6.45) is -4.20. The van der Waals surface area contributed by atoms with E-state index in [-0.39, 0.29) is 5.92 Å². The Morgan fingerprint density at radius 3 is 2.18 bits per heavy atom. The summed E-state index contributed by atoms with van der Waals surface area (Å²) < 4.78 is 37.8. The standard InChI is InChI=1S/C26H22ClNO3.C2HF3O2/c27-23-12-19(14-28-15-21(16-28)26(29)30)6-8-22(23)25-13-20-11-18(7-9-24(20)31-25)10-17-4-2-1-3-5-17;3-2(4,5)1(6)7/h1-9,11-13,21H,10,14-16H2,(H,29,30);(H,6,7). The van der Waals surface area contributed by atoms with Crippen molar-refractivity contribution in [2.45, 2.75) is 19.1 Å². The van der Waals surface area contributed by atoms with E-state index in [1.54, 1.807) is 0 Å². The summed E-state index contributed by atoms with van der Waals surface area (Å²) in [7, 11) is 0. The van der Waals surface area contributed by atoms with Crippen molar-refractivity contribution in [3.63, 3.8) is 0 Å². The number of carbonyl (C=O) groups is 2. The molecule has 1 aliphatic heterocycles. The Hall–Kier alpha value is -3.82. The molecule has 0 spiro atoms. The minimum absolute atomic E-state index is 0.253. The molecule has 5 rings (SSSR count). The number of benzene rings is 3. The van der Waals surface area contributed by atoms with E-state index in [0.717, 1.165) is 34.3 Å². The topological polar surface area (TPSA) is 91.0 Å². The second kappa shape index (κ2) is 11.3. The Balaban J connectivity index is 0.000000426. The van der Waals surface area contributed by atoms with Gasteiger partial charge in [0.2, 0.25) is 0 Å². The van der Waals surface area contributed by atoms with Gasteiger partial charge in [-0.25, -0.2) is 4.79 Å². The molecular formula is C28H23ClF3NO5. The summed E-state index contributed by atoms with van der Waals surface area (Å²) >= 11 is 6.58. The van der Waals surface area contributed by atoms with E-state index in [1.807, 2.05) is 36.4 Å². The lowest BCUT2D eigenvalue weighted by molar-refractivity contribution is -0.192. The zero-order valence-corrected chi connectivity index (χ0v) is 20.7. The highest BCUT2D eigenvalue weighted by atomic mass is 35.5. The third-order valence-electron chi connectivity index (χ3n) is 6.09. The third-order valence-corrected chi connectivity index (χ3v) is 6.40. The number of likely N-dealkylation sites (tertiary alicyclic amines) is 1. The molecule has 1 fully saturated rings. The minimum Gasteiger partial charge on any atom is -0.481 e. The van der Waals surface area contributed by atoms with Gasteiger partial charge >= 0.3 is 18.1 Å². The van der Waals surface area contributed by atoms with Crippen LogP contribution in [0.25, 0.3) is 22.3 Å². The Labute approximate surface area is 220 Å². The van der Waals surface area contributed by atoms with Crippen molar-refractivity contribution in [2.24, 2.45) is 5.92 Å². The fraction of sp³-hybridized carbons (Fsp3) is 0.214. The number of carboxylic acids is 2. The van der Waals surface area contributed by atoms with Crippen molar-refractivity contribution in [3.8, 4) is 11.3 Å². The molecule has 10 heteroatoms. The average Bonchev–Trinajstić information content (AvgIpc) is 3.24. The Kier molecular flexibility index (Phi) is 8.08. The van der Waals surface area contributed by atoms with Crippen molar-refractivity contribution in [1.29, 1.82) is 0 Å². The van der Waals surface area contributed by atoms with E-state index in [0.29, 0.717) is 24.7 Å². The summed E-state index contributed by atoms with van der Waals surface area (Å²) in [6.45, 7) is 1.87. The summed E-state index contributed by atoms with van der Waals surface area (Å²) in [4.78, 5) is 22.0. The maximum Gasteiger partial charge on any atom is 0.490 e. The number of hydrogen-bond donors (Lipinski definition) is 2. The van der Waals surface area contributed by atoms with E-state index >= 15 is 0 Å². The van der Waals surface area contributed by atoms with Gasteiger partial charge in [-0.1, -0.05) is 54.1 Å². The lowest BCUT2D eigenvalue weighted by Crippen LogP contribution is -2.49. The van der Waals surface area contributed by atoms with Gasteiger partial charge in [0, 0.05) is 30.6 Å². The summed E-state index contributed by atoms with van der Waals surface area (Å²) in [5, 5.41) is 17.8. The van der Waals surface area contributed by atoms with Crippen LogP contribution in [-0.4, -0.2) is 46.3 Å². The van der Waals surface area contributed by atoms with Gasteiger partial charge < -0.3 is 14.6 Å². The van der Waals surface area contributed by atoms with Gasteiger partial charge in [0.15, 0.2) is 0 Å². The first-order valence-corrected chi connectivity index (χ1v) is 12.0. The first-order valence-electron chi connectivity index (χ1n) is 11.6. The van der Waals surface area contributed by atoms with Gasteiger partial charge in [-0.05, 0) is 53.4 Å². The van der Waals surface area contributed by atoms with Gasteiger partial charge in [0.25, 0.3) is 0 Å². The molecule has 38 heavy (non-hydrogen) atoms. The number of hydrogen-bond acceptors (Lipinski definition) is 4. The highest BCUT2D eigenvalue weighted by Crippen LogP contribution is 2.34. The molecule has 0 saturated carbocycles. The number of nitrogens with zero attached hydrogens (tertiary/aromatic N) is 1. The second-order valence-electron chi connectivity index (χ2n) is 8.99. The molecule has 0 atom stereocenters. The molecule has 198 valence electrons. The molecule has 3 aromatic carbocycles. The van der Waals surface area contributed by atoms with Gasteiger partial charge in [-0.2, -0.15) is 13.2 Å². The van der Waals surface area contributed by atoms with E-state index in [2.05, 4.69) is 41.3 Å². The Bertz CT molecular complexity index is 1450. The molecule has 6 nitrogen and oxygen atoms in total. The molecule has 1 aromatic heterocycles. The van der Waals surface area contributed by atoms with E-state index < -0.39 is 18.1 Å². The average molecular weight is 546 g/mol. The number of alkyl halides is 3. The Morgan fingerprint density at radius 2 is 1.58 bits per heavy atom. The maximum atomic E-state index is 11.0. The number of carboxylic acid groups (broad SMARTS) is 2. The number of fused-ring (bicyclic) bond motifs is 1. The van der Waals surface area contributed by atoms with Crippen LogP contribution in [0.1, 0.15) is 16.7 Å². The molecule has 4 aromatic rings. The van der Waals surface area contributed by atoms with Crippen LogP contribution in [-0.2, 0) is 22.6 Å². The normalized spacial score (nSPS) is 14.0. The minimum atomic E-state index is -5.08. The molecule has 1 saturated heterocycles. The number of rotatable bonds is 6. The van der Waals surface area contributed by atoms with Crippen molar-refractivity contribution in [2.75, 3.05) is 13.1 Å². The lowest BCUT2D eigenvalue weighted by atomic mass is 9.99. The van der Waals surface area contributed by atoms with Crippen molar-refractivity contribution in [3.05, 3.63) is 94.5 Å². The third kappa shape index (κ3) is 6.73. The van der Waals surface area contributed by atoms with Crippen LogP contribution >= 0.6 is 11.6 Å². The lowest BCUT2D eigenvalue weighted by Gasteiger charge is -2.36. The molecule has 0 unspecified atom stereocenters. The fourth-order valence-corrected chi connectivity index (χ4v) is 4.43. The van der Waals surface area contributed by atoms with Crippen molar-refractivity contribution < 1.29 is 37.4 Å². The highest BCUT2D eigenvalue weighted by molar-refractivity contribution is 6.33. The van der Waals surface area contributed by atoms with Crippen LogP contribution in [0.2, 0.25) is 5.02 Å². The predicted molar refractivity (Wildman–Crippen MR) is 136 cm³/mol. The Morgan fingerprint density at radius 1 is 0.921 bits per heavy atom. The number of aliphatic carboxylic acids is 2. The van der Waals surface area contributed by atoms with Gasteiger partial charge in [0.05, 0.1) is 10.9 Å². The van der Waals surface area contributed by atoms with Crippen LogP contribution in [0.3, 0.4) is 0 Å². The number of halogens is 4. The van der Waals surface area contributed by atoms with E-state index in [9.17, 15) is 18.0 Å². The molecule has 0 amide bonds. The molecule has 1 aliphatic rings. The van der Waals surface area contributed by atoms with Crippen LogP contribution in [0, 0.1) is 5.92 Å². The van der Waals surface area contributed by atoms with Crippen molar-refractivity contribution in [1.82, 2.24) is 4.90 Å². The first kappa shape index (κ1) is 27.2. The monoisotopic (exact) mass is 545 g/mol. The molecule has 0 aliphatic carbocycles. The maximum absolute atomic E-state index is 11.0. The zero-order chi connectivity index (χ0) is 27.4. The molecular weight excluding hydrogens is 523 g/mol. The summed E-state index contributed by atoms with van der Waals surface area (Å²) in [5.41, 5.74) is 5.28. The summed E-state index contributed by atoms with van der Waals surface area (Å²) in [6, 6.07) is 24.7. The van der Waals surface area contributed by atoms with Gasteiger partial charge in [-0.15, -0.1) is 0 Å². The second-order valence-corrected chi connectivity index (χ2v) is 9.40. The van der Waals surface area contributed by atoms with Gasteiger partial charge in [-0.3, -0.25) is 9.69 Å². The SMILES string of the molecule is O=C(O)C(F)(F)F.O=C(O)C1CN(Cc2ccc(-c3cc4cc(Cc5ccccc5)ccc4o3)c(Cl)c2)C1. The smallest absolute Gasteiger partial charge is 0.481 e. The summed E-state index contributed by atoms with van der Waals surface area (Å²) in [5.74, 6) is -2.98. The fourth-order valence-electron chi connectivity index (χ4n) is 4.14. The van der Waals surface area contributed by atoms with Gasteiger partial charge in [0.1, 0.15) is 11.3 Å². The zero-order valence-electron chi connectivity index (χ0n) is 19.9. The molecule has 2 heterocycles. The van der Waals surface area contributed by atoms with E-state index in [1.165, 1.54) is 11.1 Å². The highest BCUT2D eigenvalue weighted by Gasteiger charge is 2.38. The molecule has 2 N–H and O–H groups in total. The predicted octanol–water partition coefficient (Wildman–Crippen LogP) is 6.49. The van der Waals surface area contributed by atoms with Crippen LogP contribution < -0.4 is 0 Å². The molecule has 0 radical (unpaired) electrons. The quantitative estimate of drug-likeness (QED) is 0.288. The van der Waals surface area contributed by atoms with Crippen molar-refractivity contribution >= 4 is 34.5 Å².